The molecule has 4 aromatic rings. The Labute approximate surface area is 248 Å². The van der Waals surface area contributed by atoms with E-state index in [4.69, 9.17) is 22.9 Å². The number of nitrogens with zero attached hydrogens (tertiary/aromatic N) is 6. The lowest BCUT2D eigenvalue weighted by Gasteiger charge is -2.09. The van der Waals surface area contributed by atoms with Crippen molar-refractivity contribution in [1.29, 1.82) is 0 Å². The number of carbonyl (C=O) groups excluding carboxylic acids is 2. The fraction of sp³-hybridized carbons (Fsp3) is 0.214. The van der Waals surface area contributed by atoms with Crippen molar-refractivity contribution >= 4 is 39.7 Å². The Morgan fingerprint density at radius 1 is 0.738 bits per heavy atom. The predicted octanol–water partition coefficient (Wildman–Crippen LogP) is 3.23. The largest absolute Gasteiger partial charge is 0.370 e. The van der Waals surface area contributed by atoms with Gasteiger partial charge in [-0.2, -0.15) is 20.2 Å². The van der Waals surface area contributed by atoms with Crippen LogP contribution in [0.15, 0.2) is 75.4 Å². The van der Waals surface area contributed by atoms with Gasteiger partial charge in [0.2, 0.25) is 0 Å². The van der Waals surface area contributed by atoms with Crippen LogP contribution >= 0.6 is 15.9 Å². The van der Waals surface area contributed by atoms with E-state index in [1.165, 1.54) is 23.1 Å². The number of amides is 2. The van der Waals surface area contributed by atoms with Crippen LogP contribution in [0.3, 0.4) is 0 Å². The highest BCUT2D eigenvalue weighted by Gasteiger charge is 2.34. The number of nitrogens with two attached hydrogens (primary N) is 4. The maximum absolute atomic E-state index is 13.9. The lowest BCUT2D eigenvalue weighted by atomic mass is 10.1. The minimum absolute atomic E-state index is 0.181. The standard InChI is InChI=1S/C14H14BrN5O.C14H14FN5O/c2*15-10-3-1-2-4-11(10)20-12(8-5-6-8)9(7-18-20)13(21)19-14(16)17/h2*1-4,7-8H,5-6H2,(H4,16,17,19,21). The third kappa shape index (κ3) is 6.22. The van der Waals surface area contributed by atoms with Crippen LogP contribution in [0, 0.1) is 5.82 Å². The van der Waals surface area contributed by atoms with Crippen molar-refractivity contribution in [3.05, 3.63) is 93.7 Å². The molecule has 6 rings (SSSR count). The number of hydrogen-bond acceptors (Lipinski definition) is 4. The van der Waals surface area contributed by atoms with Gasteiger partial charge >= 0.3 is 0 Å². The number of rotatable bonds is 6. The molecule has 12 nitrogen and oxygen atoms in total. The van der Waals surface area contributed by atoms with Gasteiger partial charge in [0.05, 0.1) is 40.6 Å². The first-order chi connectivity index (χ1) is 20.2. The Morgan fingerprint density at radius 2 is 1.17 bits per heavy atom. The highest BCUT2D eigenvalue weighted by Crippen LogP contribution is 2.44. The zero-order valence-electron chi connectivity index (χ0n) is 22.3. The van der Waals surface area contributed by atoms with Crippen molar-refractivity contribution in [3.8, 4) is 11.4 Å². The summed E-state index contributed by atoms with van der Waals surface area (Å²) in [5.74, 6) is -1.44. The first-order valence-corrected chi connectivity index (χ1v) is 13.9. The third-order valence-electron chi connectivity index (χ3n) is 6.62. The van der Waals surface area contributed by atoms with Crippen LogP contribution < -0.4 is 22.9 Å². The predicted molar refractivity (Wildman–Crippen MR) is 159 cm³/mol. The van der Waals surface area contributed by atoms with Crippen LogP contribution in [0.25, 0.3) is 11.4 Å². The van der Waals surface area contributed by atoms with Gasteiger partial charge < -0.3 is 22.9 Å². The molecule has 0 bridgehead atoms. The molecule has 2 saturated carbocycles. The Morgan fingerprint density at radius 3 is 1.60 bits per heavy atom. The molecule has 2 fully saturated rings. The Balaban J connectivity index is 0.000000168. The van der Waals surface area contributed by atoms with E-state index in [9.17, 15) is 14.0 Å². The van der Waals surface area contributed by atoms with Crippen LogP contribution in [0.4, 0.5) is 4.39 Å². The summed E-state index contributed by atoms with van der Waals surface area (Å²) >= 11 is 3.51. The number of carbonyl (C=O) groups is 2. The fourth-order valence-electron chi connectivity index (χ4n) is 4.53. The van der Waals surface area contributed by atoms with E-state index in [0.717, 1.165) is 41.5 Å². The lowest BCUT2D eigenvalue weighted by molar-refractivity contribution is 0.0993. The van der Waals surface area contributed by atoms with Crippen LogP contribution in [-0.2, 0) is 0 Å². The zero-order valence-corrected chi connectivity index (χ0v) is 23.9. The third-order valence-corrected chi connectivity index (χ3v) is 7.29. The van der Waals surface area contributed by atoms with E-state index in [1.807, 2.05) is 24.3 Å². The smallest absolute Gasteiger partial charge is 0.283 e. The summed E-state index contributed by atoms with van der Waals surface area (Å²) in [7, 11) is 0. The molecule has 0 unspecified atom stereocenters. The van der Waals surface area contributed by atoms with Crippen LogP contribution in [0.5, 0.6) is 0 Å². The van der Waals surface area contributed by atoms with Gasteiger partial charge in [-0.15, -0.1) is 0 Å². The zero-order chi connectivity index (χ0) is 30.0. The Kier molecular flexibility index (Phi) is 8.15. The average molecular weight is 636 g/mol. The SMILES string of the molecule is NC(N)=NC(=O)c1cnn(-c2ccccc2Br)c1C1CC1.NC(N)=NC(=O)c1cnn(-c2ccccc2F)c1C1CC1. The second-order valence-corrected chi connectivity index (χ2v) is 10.7. The molecule has 2 aliphatic carbocycles. The first kappa shape index (κ1) is 28.7. The van der Waals surface area contributed by atoms with E-state index in [0.29, 0.717) is 28.4 Å². The molecule has 0 aliphatic heterocycles. The number of hydrogen-bond donors (Lipinski definition) is 4. The summed E-state index contributed by atoms with van der Waals surface area (Å²) in [6.45, 7) is 0. The summed E-state index contributed by atoms with van der Waals surface area (Å²) in [6.07, 6.45) is 6.86. The van der Waals surface area contributed by atoms with Gasteiger partial charge in [0.25, 0.3) is 11.8 Å². The molecule has 0 saturated heterocycles. The summed E-state index contributed by atoms with van der Waals surface area (Å²) < 4.78 is 18.1. The van der Waals surface area contributed by atoms with Gasteiger partial charge in [0.1, 0.15) is 11.5 Å². The first-order valence-electron chi connectivity index (χ1n) is 13.1. The van der Waals surface area contributed by atoms with Crippen LogP contribution in [-0.4, -0.2) is 43.3 Å². The van der Waals surface area contributed by atoms with Crippen LogP contribution in [0.2, 0.25) is 0 Å². The summed E-state index contributed by atoms with van der Waals surface area (Å²) in [4.78, 5) is 31.3. The van der Waals surface area contributed by atoms with E-state index in [1.54, 1.807) is 22.9 Å². The second kappa shape index (κ2) is 11.9. The molecular weight excluding hydrogens is 607 g/mol. The molecule has 2 heterocycles. The molecule has 0 spiro atoms. The van der Waals surface area contributed by atoms with Crippen molar-refractivity contribution < 1.29 is 14.0 Å². The Bertz CT molecular complexity index is 1590. The van der Waals surface area contributed by atoms with Crippen molar-refractivity contribution in [1.82, 2.24) is 19.6 Å². The topological polar surface area (TPSA) is 199 Å². The summed E-state index contributed by atoms with van der Waals surface area (Å²) in [6, 6.07) is 14.0. The minimum Gasteiger partial charge on any atom is -0.370 e. The van der Waals surface area contributed by atoms with Gasteiger partial charge in [0.15, 0.2) is 11.9 Å². The molecule has 2 amide bonds. The van der Waals surface area contributed by atoms with Gasteiger partial charge in [-0.25, -0.2) is 13.8 Å². The number of aliphatic imine (C=N–C) groups is 2. The normalized spacial score (nSPS) is 14.0. The van der Waals surface area contributed by atoms with Crippen molar-refractivity contribution in [2.45, 2.75) is 37.5 Å². The molecule has 8 N–H and O–H groups in total. The molecule has 14 heteroatoms. The van der Waals surface area contributed by atoms with Crippen LogP contribution in [0.1, 0.15) is 69.6 Å². The summed E-state index contributed by atoms with van der Waals surface area (Å²) in [5.41, 5.74) is 24.6. The minimum atomic E-state index is -0.556. The maximum Gasteiger partial charge on any atom is 0.283 e. The van der Waals surface area contributed by atoms with E-state index in [-0.39, 0.29) is 17.8 Å². The van der Waals surface area contributed by atoms with Gasteiger partial charge in [-0.05, 0) is 65.9 Å². The summed E-state index contributed by atoms with van der Waals surface area (Å²) in [5, 5.41) is 8.49. The van der Waals surface area contributed by atoms with Gasteiger partial charge in [-0.1, -0.05) is 24.3 Å². The van der Waals surface area contributed by atoms with Crippen molar-refractivity contribution in [2.24, 2.45) is 32.9 Å². The molecule has 216 valence electrons. The monoisotopic (exact) mass is 634 g/mol. The number of benzene rings is 2. The Hall–Kier alpha value is -4.85. The molecule has 0 atom stereocenters. The highest BCUT2D eigenvalue weighted by atomic mass is 79.9. The van der Waals surface area contributed by atoms with E-state index < -0.39 is 17.6 Å². The molecule has 0 radical (unpaired) electrons. The molecule has 42 heavy (non-hydrogen) atoms. The molecular formula is C28H28BrFN10O2. The van der Waals surface area contributed by atoms with Crippen molar-refractivity contribution in [2.75, 3.05) is 0 Å². The highest BCUT2D eigenvalue weighted by molar-refractivity contribution is 9.10. The van der Waals surface area contributed by atoms with Gasteiger partial charge in [0, 0.05) is 16.3 Å². The number of aromatic nitrogens is 4. The van der Waals surface area contributed by atoms with E-state index in [2.05, 4.69) is 36.1 Å². The number of guanidine groups is 2. The van der Waals surface area contributed by atoms with Crippen molar-refractivity contribution in [3.63, 3.8) is 0 Å². The molecule has 2 aromatic carbocycles. The number of halogens is 2. The fourth-order valence-corrected chi connectivity index (χ4v) is 4.98. The molecule has 2 aromatic heterocycles. The van der Waals surface area contributed by atoms with Gasteiger partial charge in [-0.3, -0.25) is 9.59 Å². The quantitative estimate of drug-likeness (QED) is 0.183. The second-order valence-electron chi connectivity index (χ2n) is 9.85. The number of para-hydroxylation sites is 2. The van der Waals surface area contributed by atoms with E-state index >= 15 is 0 Å². The maximum atomic E-state index is 13.9. The lowest BCUT2D eigenvalue weighted by Crippen LogP contribution is -2.24. The average Bonchev–Trinajstić information content (AvgIpc) is 3.88. The molecule has 2 aliphatic rings.